The fourth-order valence-electron chi connectivity index (χ4n) is 2.69. The summed E-state index contributed by atoms with van der Waals surface area (Å²) >= 11 is 19.3. The lowest BCUT2D eigenvalue weighted by molar-refractivity contribution is -0.113. The van der Waals surface area contributed by atoms with Gasteiger partial charge in [-0.05, 0) is 44.2 Å². The van der Waals surface area contributed by atoms with E-state index in [2.05, 4.69) is 15.5 Å². The van der Waals surface area contributed by atoms with Gasteiger partial charge in [-0.3, -0.25) is 4.79 Å². The van der Waals surface area contributed by atoms with Crippen LogP contribution in [0.3, 0.4) is 0 Å². The van der Waals surface area contributed by atoms with E-state index in [1.165, 1.54) is 11.8 Å². The molecule has 0 unspecified atom stereocenters. The SMILES string of the molecule is CCn1c(SCC(=O)Nc2ccc(Cl)c(Cl)c2)nnc1[C@H](C)Oc1ccccc1Cl. The summed E-state index contributed by atoms with van der Waals surface area (Å²) < 4.78 is 7.86. The molecular formula is C20H19Cl3N4O2S. The molecule has 1 heterocycles. The Balaban J connectivity index is 1.64. The van der Waals surface area contributed by atoms with Gasteiger partial charge >= 0.3 is 0 Å². The number of benzene rings is 2. The number of nitrogens with zero attached hydrogens (tertiary/aromatic N) is 3. The summed E-state index contributed by atoms with van der Waals surface area (Å²) in [5.74, 6) is 1.21. The Hall–Kier alpha value is -1.93. The van der Waals surface area contributed by atoms with Crippen LogP contribution in [0.4, 0.5) is 5.69 Å². The second-order valence-corrected chi connectivity index (χ2v) is 8.41. The molecule has 0 radical (unpaired) electrons. The Kier molecular flexibility index (Phi) is 7.88. The average Bonchev–Trinajstić information content (AvgIpc) is 3.14. The molecule has 10 heteroatoms. The lowest BCUT2D eigenvalue weighted by atomic mass is 10.3. The van der Waals surface area contributed by atoms with E-state index >= 15 is 0 Å². The number of carbonyl (C=O) groups is 1. The minimum Gasteiger partial charge on any atom is -0.481 e. The minimum absolute atomic E-state index is 0.165. The lowest BCUT2D eigenvalue weighted by Crippen LogP contribution is -2.15. The molecule has 0 spiro atoms. The van der Waals surface area contributed by atoms with Gasteiger partial charge in [0.25, 0.3) is 0 Å². The number of amides is 1. The summed E-state index contributed by atoms with van der Waals surface area (Å²) in [4.78, 5) is 12.3. The first kappa shape index (κ1) is 22.7. The molecule has 1 atom stereocenters. The van der Waals surface area contributed by atoms with Crippen LogP contribution in [0, 0.1) is 0 Å². The third-order valence-corrected chi connectivity index (χ3v) is 6.12. The number of anilines is 1. The summed E-state index contributed by atoms with van der Waals surface area (Å²) in [6.07, 6.45) is -0.364. The standard InChI is InChI=1S/C20H19Cl3N4O2S/c1-3-27-19(12(2)29-17-7-5-4-6-15(17)22)25-26-20(27)30-11-18(28)24-13-8-9-14(21)16(23)10-13/h4-10,12H,3,11H2,1-2H3,(H,24,28)/t12-/m0/s1. The minimum atomic E-state index is -0.364. The predicted molar refractivity (Wildman–Crippen MR) is 122 cm³/mol. The van der Waals surface area contributed by atoms with Gasteiger partial charge in [0.05, 0.1) is 20.8 Å². The molecule has 2 aromatic carbocycles. The number of para-hydroxylation sites is 1. The molecule has 0 fully saturated rings. The fraction of sp³-hybridized carbons (Fsp3) is 0.250. The van der Waals surface area contributed by atoms with E-state index in [4.69, 9.17) is 39.5 Å². The van der Waals surface area contributed by atoms with Crippen molar-refractivity contribution in [2.24, 2.45) is 0 Å². The van der Waals surface area contributed by atoms with Gasteiger partial charge in [0.1, 0.15) is 5.75 Å². The number of hydrogen-bond donors (Lipinski definition) is 1. The van der Waals surface area contributed by atoms with Crippen LogP contribution in [0.5, 0.6) is 5.75 Å². The van der Waals surface area contributed by atoms with E-state index in [0.717, 1.165) is 0 Å². The van der Waals surface area contributed by atoms with E-state index in [-0.39, 0.29) is 17.8 Å². The molecule has 1 aromatic heterocycles. The number of hydrogen-bond acceptors (Lipinski definition) is 5. The number of nitrogens with one attached hydrogen (secondary N) is 1. The Labute approximate surface area is 193 Å². The molecule has 0 aliphatic carbocycles. The van der Waals surface area contributed by atoms with E-state index in [9.17, 15) is 4.79 Å². The summed E-state index contributed by atoms with van der Waals surface area (Å²) in [6, 6.07) is 12.2. The molecule has 0 aliphatic rings. The normalized spacial score (nSPS) is 11.9. The molecule has 1 N–H and O–H groups in total. The first-order valence-corrected chi connectivity index (χ1v) is 11.2. The summed E-state index contributed by atoms with van der Waals surface area (Å²) in [5.41, 5.74) is 0.578. The van der Waals surface area contributed by atoms with E-state index in [1.807, 2.05) is 30.5 Å². The van der Waals surface area contributed by atoms with Crippen LogP contribution in [0.2, 0.25) is 15.1 Å². The maximum Gasteiger partial charge on any atom is 0.234 e. The maximum absolute atomic E-state index is 12.3. The summed E-state index contributed by atoms with van der Waals surface area (Å²) in [5, 5.41) is 13.2. The van der Waals surface area contributed by atoms with Crippen molar-refractivity contribution < 1.29 is 9.53 Å². The van der Waals surface area contributed by atoms with Crippen LogP contribution in [-0.4, -0.2) is 26.4 Å². The Morgan fingerprint density at radius 2 is 1.90 bits per heavy atom. The van der Waals surface area contributed by atoms with Crippen molar-refractivity contribution in [2.45, 2.75) is 31.7 Å². The zero-order chi connectivity index (χ0) is 21.7. The van der Waals surface area contributed by atoms with Crippen molar-refractivity contribution in [3.05, 3.63) is 63.4 Å². The van der Waals surface area contributed by atoms with E-state index in [1.54, 1.807) is 30.3 Å². The topological polar surface area (TPSA) is 69.0 Å². The zero-order valence-corrected chi connectivity index (χ0v) is 19.3. The van der Waals surface area contributed by atoms with Crippen LogP contribution in [-0.2, 0) is 11.3 Å². The van der Waals surface area contributed by atoms with Gasteiger partial charge in [-0.15, -0.1) is 10.2 Å². The number of rotatable bonds is 8. The molecule has 0 bridgehead atoms. The fourth-order valence-corrected chi connectivity index (χ4v) is 3.98. The van der Waals surface area contributed by atoms with Crippen LogP contribution in [0.1, 0.15) is 25.8 Å². The van der Waals surface area contributed by atoms with Crippen molar-refractivity contribution in [1.82, 2.24) is 14.8 Å². The van der Waals surface area contributed by atoms with Gasteiger partial charge < -0.3 is 14.6 Å². The number of halogens is 3. The van der Waals surface area contributed by atoms with Gasteiger partial charge in [0.15, 0.2) is 17.1 Å². The van der Waals surface area contributed by atoms with Gasteiger partial charge in [-0.2, -0.15) is 0 Å². The van der Waals surface area contributed by atoms with Crippen molar-refractivity contribution >= 4 is 58.2 Å². The highest BCUT2D eigenvalue weighted by Crippen LogP contribution is 2.29. The van der Waals surface area contributed by atoms with Gasteiger partial charge in [-0.1, -0.05) is 58.7 Å². The smallest absolute Gasteiger partial charge is 0.234 e. The second-order valence-electron chi connectivity index (χ2n) is 6.24. The Morgan fingerprint density at radius 1 is 1.13 bits per heavy atom. The van der Waals surface area contributed by atoms with Gasteiger partial charge in [0, 0.05) is 12.2 Å². The summed E-state index contributed by atoms with van der Waals surface area (Å²) in [7, 11) is 0. The Bertz CT molecular complexity index is 1040. The monoisotopic (exact) mass is 484 g/mol. The highest BCUT2D eigenvalue weighted by atomic mass is 35.5. The lowest BCUT2D eigenvalue weighted by Gasteiger charge is -2.16. The molecule has 0 aliphatic heterocycles. The highest BCUT2D eigenvalue weighted by molar-refractivity contribution is 7.99. The molecule has 1 amide bonds. The van der Waals surface area contributed by atoms with E-state index < -0.39 is 0 Å². The molecule has 30 heavy (non-hydrogen) atoms. The largest absolute Gasteiger partial charge is 0.481 e. The zero-order valence-electron chi connectivity index (χ0n) is 16.2. The quantitative estimate of drug-likeness (QED) is 0.389. The second kappa shape index (κ2) is 10.4. The first-order chi connectivity index (χ1) is 14.4. The van der Waals surface area contributed by atoms with Crippen LogP contribution >= 0.6 is 46.6 Å². The van der Waals surface area contributed by atoms with Crippen molar-refractivity contribution in [2.75, 3.05) is 11.1 Å². The highest BCUT2D eigenvalue weighted by Gasteiger charge is 2.20. The predicted octanol–water partition coefficient (Wildman–Crippen LogP) is 6.13. The van der Waals surface area contributed by atoms with Crippen LogP contribution in [0.15, 0.2) is 47.6 Å². The third-order valence-electron chi connectivity index (χ3n) is 4.10. The molecule has 3 aromatic rings. The third kappa shape index (κ3) is 5.60. The van der Waals surface area contributed by atoms with Crippen LogP contribution in [0.25, 0.3) is 0 Å². The van der Waals surface area contributed by atoms with Crippen LogP contribution < -0.4 is 10.1 Å². The number of aromatic nitrogens is 3. The molecule has 0 saturated heterocycles. The maximum atomic E-state index is 12.3. The molecule has 158 valence electrons. The number of thioether (sulfide) groups is 1. The van der Waals surface area contributed by atoms with Gasteiger partial charge in [0.2, 0.25) is 5.91 Å². The molecule has 3 rings (SSSR count). The van der Waals surface area contributed by atoms with Crippen molar-refractivity contribution in [3.63, 3.8) is 0 Å². The molecule has 0 saturated carbocycles. The molecule has 6 nitrogen and oxygen atoms in total. The van der Waals surface area contributed by atoms with Crippen molar-refractivity contribution in [3.8, 4) is 5.75 Å². The first-order valence-electron chi connectivity index (χ1n) is 9.11. The number of ether oxygens (including phenoxy) is 1. The summed E-state index contributed by atoms with van der Waals surface area (Å²) in [6.45, 7) is 4.50. The number of carbonyl (C=O) groups excluding carboxylic acids is 1. The Morgan fingerprint density at radius 3 is 2.60 bits per heavy atom. The van der Waals surface area contributed by atoms with E-state index in [0.29, 0.717) is 44.0 Å². The van der Waals surface area contributed by atoms with Crippen molar-refractivity contribution in [1.29, 1.82) is 0 Å². The van der Waals surface area contributed by atoms with Gasteiger partial charge in [-0.25, -0.2) is 0 Å². The average molecular weight is 486 g/mol. The molecular weight excluding hydrogens is 467 g/mol.